The Morgan fingerprint density at radius 2 is 2.16 bits per heavy atom. The highest BCUT2D eigenvalue weighted by Crippen LogP contribution is 2.33. The number of para-hydroxylation sites is 1. The highest BCUT2D eigenvalue weighted by Gasteiger charge is 2.31. The minimum Gasteiger partial charge on any atom is -0.489 e. The smallest absolute Gasteiger partial charge is 0.255 e. The largest absolute Gasteiger partial charge is 0.489 e. The molecule has 2 aliphatic rings. The summed E-state index contributed by atoms with van der Waals surface area (Å²) >= 11 is 0. The van der Waals surface area contributed by atoms with E-state index in [1.165, 1.54) is 12.8 Å². The molecule has 1 heterocycles. The maximum atomic E-state index is 12.5. The van der Waals surface area contributed by atoms with Gasteiger partial charge in [-0.3, -0.25) is 4.79 Å². The summed E-state index contributed by atoms with van der Waals surface area (Å²) in [6.07, 6.45) is 4.52. The standard InChI is InChI=1S/C15H20N2O2/c1-15(7-2-3-8-15)17-14(18)11-5-4-6-12-13(11)19-10-9-16-12/h4-6,16H,2-3,7-10H2,1H3,(H,17,18). The van der Waals surface area contributed by atoms with Gasteiger partial charge in [-0.05, 0) is 31.9 Å². The molecular weight excluding hydrogens is 240 g/mol. The van der Waals surface area contributed by atoms with Crippen molar-refractivity contribution in [1.29, 1.82) is 0 Å². The van der Waals surface area contributed by atoms with Crippen molar-refractivity contribution in [2.75, 3.05) is 18.5 Å². The topological polar surface area (TPSA) is 50.4 Å². The van der Waals surface area contributed by atoms with Crippen molar-refractivity contribution in [2.24, 2.45) is 0 Å². The number of carbonyl (C=O) groups is 1. The molecule has 102 valence electrons. The molecule has 4 nitrogen and oxygen atoms in total. The summed E-state index contributed by atoms with van der Waals surface area (Å²) in [7, 11) is 0. The van der Waals surface area contributed by atoms with Gasteiger partial charge in [0.15, 0.2) is 5.75 Å². The zero-order valence-corrected chi connectivity index (χ0v) is 11.3. The number of ether oxygens (including phenoxy) is 1. The van der Waals surface area contributed by atoms with Gasteiger partial charge in [0.05, 0.1) is 11.3 Å². The SMILES string of the molecule is CC1(NC(=O)c2cccc3c2OCCN3)CCCC1. The second-order valence-electron chi connectivity index (χ2n) is 5.68. The molecule has 0 radical (unpaired) electrons. The van der Waals surface area contributed by atoms with Crippen molar-refractivity contribution in [3.8, 4) is 5.75 Å². The fraction of sp³-hybridized carbons (Fsp3) is 0.533. The lowest BCUT2D eigenvalue weighted by molar-refractivity contribution is 0.0904. The molecule has 19 heavy (non-hydrogen) atoms. The van der Waals surface area contributed by atoms with Crippen LogP contribution >= 0.6 is 0 Å². The Morgan fingerprint density at radius 1 is 1.37 bits per heavy atom. The predicted octanol–water partition coefficient (Wildman–Crippen LogP) is 2.55. The summed E-state index contributed by atoms with van der Waals surface area (Å²) in [5, 5.41) is 6.43. The molecule has 2 N–H and O–H groups in total. The van der Waals surface area contributed by atoms with E-state index in [0.717, 1.165) is 25.1 Å². The zero-order chi connectivity index (χ0) is 13.3. The number of benzene rings is 1. The van der Waals surface area contributed by atoms with E-state index in [4.69, 9.17) is 4.74 Å². The molecule has 1 aliphatic carbocycles. The normalized spacial score (nSPS) is 20.1. The summed E-state index contributed by atoms with van der Waals surface area (Å²) in [5.74, 6) is 0.665. The minimum atomic E-state index is -0.0537. The zero-order valence-electron chi connectivity index (χ0n) is 11.3. The van der Waals surface area contributed by atoms with Crippen LogP contribution in [0.15, 0.2) is 18.2 Å². The molecule has 4 heteroatoms. The number of nitrogens with one attached hydrogen (secondary N) is 2. The van der Waals surface area contributed by atoms with E-state index in [-0.39, 0.29) is 11.4 Å². The number of fused-ring (bicyclic) bond motifs is 1. The third-order valence-corrected chi connectivity index (χ3v) is 4.05. The molecule has 0 unspecified atom stereocenters. The van der Waals surface area contributed by atoms with Gasteiger partial charge in [-0.15, -0.1) is 0 Å². The van der Waals surface area contributed by atoms with Gasteiger partial charge in [-0.1, -0.05) is 18.9 Å². The van der Waals surface area contributed by atoms with E-state index in [1.807, 2.05) is 18.2 Å². The first-order chi connectivity index (χ1) is 9.18. The van der Waals surface area contributed by atoms with Crippen molar-refractivity contribution >= 4 is 11.6 Å². The second kappa shape index (κ2) is 4.76. The number of anilines is 1. The summed E-state index contributed by atoms with van der Waals surface area (Å²) in [6.45, 7) is 3.52. The van der Waals surface area contributed by atoms with Crippen LogP contribution in [0.5, 0.6) is 5.75 Å². The Bertz CT molecular complexity index is 493. The van der Waals surface area contributed by atoms with Crippen LogP contribution < -0.4 is 15.4 Å². The van der Waals surface area contributed by atoms with E-state index < -0.39 is 0 Å². The highest BCUT2D eigenvalue weighted by molar-refractivity contribution is 5.99. The molecule has 0 spiro atoms. The molecule has 1 aliphatic heterocycles. The lowest BCUT2D eigenvalue weighted by Gasteiger charge is -2.27. The first-order valence-corrected chi connectivity index (χ1v) is 7.00. The average molecular weight is 260 g/mol. The first-order valence-electron chi connectivity index (χ1n) is 7.00. The van der Waals surface area contributed by atoms with E-state index in [0.29, 0.717) is 17.9 Å². The Hall–Kier alpha value is -1.71. The summed E-state index contributed by atoms with van der Waals surface area (Å²) in [4.78, 5) is 12.5. The van der Waals surface area contributed by atoms with E-state index in [2.05, 4.69) is 17.6 Å². The molecule has 3 rings (SSSR count). The third kappa shape index (κ3) is 2.39. The predicted molar refractivity (Wildman–Crippen MR) is 74.8 cm³/mol. The summed E-state index contributed by atoms with van der Waals surface area (Å²) in [6, 6.07) is 5.68. The number of hydrogen-bond donors (Lipinski definition) is 2. The van der Waals surface area contributed by atoms with Gasteiger partial charge in [0.1, 0.15) is 6.61 Å². The van der Waals surface area contributed by atoms with Gasteiger partial charge in [0.2, 0.25) is 0 Å². The van der Waals surface area contributed by atoms with Crippen LogP contribution in [0.25, 0.3) is 0 Å². The second-order valence-corrected chi connectivity index (χ2v) is 5.68. The van der Waals surface area contributed by atoms with Crippen molar-refractivity contribution in [2.45, 2.75) is 38.1 Å². The Balaban J connectivity index is 1.83. The quantitative estimate of drug-likeness (QED) is 0.859. The van der Waals surface area contributed by atoms with Gasteiger partial charge in [-0.25, -0.2) is 0 Å². The lowest BCUT2D eigenvalue weighted by Crippen LogP contribution is -2.43. The van der Waals surface area contributed by atoms with Crippen LogP contribution in [0, 0.1) is 0 Å². The molecule has 1 aromatic rings. The Kier molecular flexibility index (Phi) is 3.09. The van der Waals surface area contributed by atoms with Crippen LogP contribution in [-0.2, 0) is 0 Å². The van der Waals surface area contributed by atoms with Crippen LogP contribution in [-0.4, -0.2) is 24.6 Å². The van der Waals surface area contributed by atoms with Crippen molar-refractivity contribution in [3.05, 3.63) is 23.8 Å². The first kappa shape index (κ1) is 12.3. The fourth-order valence-corrected chi connectivity index (χ4v) is 2.97. The summed E-state index contributed by atoms with van der Waals surface area (Å²) in [5.41, 5.74) is 1.50. The van der Waals surface area contributed by atoms with E-state index in [1.54, 1.807) is 0 Å². The number of rotatable bonds is 2. The molecule has 0 bridgehead atoms. The van der Waals surface area contributed by atoms with Gasteiger partial charge in [0.25, 0.3) is 5.91 Å². The van der Waals surface area contributed by atoms with E-state index in [9.17, 15) is 4.79 Å². The van der Waals surface area contributed by atoms with Crippen LogP contribution in [0.1, 0.15) is 43.0 Å². The monoisotopic (exact) mass is 260 g/mol. The molecule has 0 aromatic heterocycles. The molecular formula is C15H20N2O2. The Morgan fingerprint density at radius 3 is 2.95 bits per heavy atom. The van der Waals surface area contributed by atoms with Crippen LogP contribution in [0.3, 0.4) is 0 Å². The van der Waals surface area contributed by atoms with Crippen molar-refractivity contribution < 1.29 is 9.53 Å². The molecule has 1 fully saturated rings. The van der Waals surface area contributed by atoms with Crippen molar-refractivity contribution in [1.82, 2.24) is 5.32 Å². The molecule has 1 amide bonds. The third-order valence-electron chi connectivity index (χ3n) is 4.05. The Labute approximate surface area is 113 Å². The number of hydrogen-bond acceptors (Lipinski definition) is 3. The maximum absolute atomic E-state index is 12.5. The molecule has 0 atom stereocenters. The lowest BCUT2D eigenvalue weighted by atomic mass is 9.99. The van der Waals surface area contributed by atoms with Gasteiger partial charge in [-0.2, -0.15) is 0 Å². The summed E-state index contributed by atoms with van der Waals surface area (Å²) < 4.78 is 5.65. The molecule has 1 saturated carbocycles. The molecule has 1 aromatic carbocycles. The fourth-order valence-electron chi connectivity index (χ4n) is 2.97. The van der Waals surface area contributed by atoms with Crippen molar-refractivity contribution in [3.63, 3.8) is 0 Å². The van der Waals surface area contributed by atoms with Gasteiger partial charge in [0, 0.05) is 12.1 Å². The minimum absolute atomic E-state index is 0.0232. The van der Waals surface area contributed by atoms with Gasteiger partial charge < -0.3 is 15.4 Å². The average Bonchev–Trinajstić information content (AvgIpc) is 2.84. The maximum Gasteiger partial charge on any atom is 0.255 e. The van der Waals surface area contributed by atoms with Crippen LogP contribution in [0.4, 0.5) is 5.69 Å². The van der Waals surface area contributed by atoms with Crippen LogP contribution in [0.2, 0.25) is 0 Å². The highest BCUT2D eigenvalue weighted by atomic mass is 16.5. The van der Waals surface area contributed by atoms with E-state index >= 15 is 0 Å². The number of amides is 1. The molecule has 0 saturated heterocycles. The van der Waals surface area contributed by atoms with Gasteiger partial charge >= 0.3 is 0 Å². The number of carbonyl (C=O) groups excluding carboxylic acids is 1.